The van der Waals surface area contributed by atoms with E-state index in [4.69, 9.17) is 23.2 Å². The number of carbonyl (C=O) groups is 1. The normalized spacial score (nSPS) is 12.0. The van der Waals surface area contributed by atoms with Crippen molar-refractivity contribution < 1.29 is 4.79 Å². The molecule has 1 atom stereocenters. The highest BCUT2D eigenvalue weighted by atomic mass is 35.5. The van der Waals surface area contributed by atoms with Crippen molar-refractivity contribution in [3.8, 4) is 0 Å². The summed E-state index contributed by atoms with van der Waals surface area (Å²) in [6.07, 6.45) is 1.55. The molecule has 0 radical (unpaired) electrons. The summed E-state index contributed by atoms with van der Waals surface area (Å²) < 4.78 is 1.62. The van der Waals surface area contributed by atoms with E-state index < -0.39 is 6.04 Å². The van der Waals surface area contributed by atoms with E-state index in [1.807, 2.05) is 55.5 Å². The molecule has 26 heavy (non-hydrogen) atoms. The van der Waals surface area contributed by atoms with Gasteiger partial charge in [0.2, 0.25) is 5.91 Å². The Hall–Kier alpha value is -1.95. The Balaban J connectivity index is 1.78. The van der Waals surface area contributed by atoms with Crippen molar-refractivity contribution in [3.05, 3.63) is 70.5 Å². The summed E-state index contributed by atoms with van der Waals surface area (Å²) in [5, 5.41) is 8.41. The number of carbonyl (C=O) groups excluding carboxylic acids is 1. The third kappa shape index (κ3) is 4.23. The van der Waals surface area contributed by atoms with Gasteiger partial charge in [0.15, 0.2) is 0 Å². The molecule has 0 bridgehead atoms. The smallest absolute Gasteiger partial charge is 0.248 e. The molecule has 0 aliphatic carbocycles. The fourth-order valence-electron chi connectivity index (χ4n) is 2.43. The molecule has 0 spiro atoms. The van der Waals surface area contributed by atoms with E-state index in [0.29, 0.717) is 10.0 Å². The molecule has 1 N–H and O–H groups in total. The molecule has 0 aliphatic rings. The number of hydrogen-bond donors (Lipinski definition) is 1. The van der Waals surface area contributed by atoms with Crippen LogP contribution in [0.1, 0.15) is 18.7 Å². The summed E-state index contributed by atoms with van der Waals surface area (Å²) >= 11 is 13.5. The molecular weight excluding hydrogens is 389 g/mol. The molecule has 7 heteroatoms. The Morgan fingerprint density at radius 1 is 1.15 bits per heavy atom. The first-order valence-electron chi connectivity index (χ1n) is 7.98. The van der Waals surface area contributed by atoms with Gasteiger partial charge in [0.05, 0.1) is 22.6 Å². The third-order valence-corrected chi connectivity index (χ3v) is 5.62. The van der Waals surface area contributed by atoms with Crippen LogP contribution >= 0.6 is 35.0 Å². The van der Waals surface area contributed by atoms with Crippen molar-refractivity contribution in [1.29, 1.82) is 0 Å². The minimum absolute atomic E-state index is 0.156. The number of halogens is 2. The van der Waals surface area contributed by atoms with Gasteiger partial charge in [-0.05, 0) is 50.2 Å². The first-order valence-corrected chi connectivity index (χ1v) is 9.56. The average molecular weight is 406 g/mol. The Morgan fingerprint density at radius 3 is 2.50 bits per heavy atom. The van der Waals surface area contributed by atoms with Gasteiger partial charge in [-0.3, -0.25) is 9.48 Å². The highest BCUT2D eigenvalue weighted by Gasteiger charge is 2.19. The van der Waals surface area contributed by atoms with Gasteiger partial charge in [-0.1, -0.05) is 47.1 Å². The fourth-order valence-corrected chi connectivity index (χ4v) is 3.59. The zero-order chi connectivity index (χ0) is 18.7. The molecular formula is C19H17Cl2N3OS. The number of nitrogens with zero attached hydrogens (tertiary/aromatic N) is 2. The van der Waals surface area contributed by atoms with Gasteiger partial charge in [-0.25, -0.2) is 0 Å². The lowest BCUT2D eigenvalue weighted by Crippen LogP contribution is -2.25. The van der Waals surface area contributed by atoms with Gasteiger partial charge in [-0.15, -0.1) is 0 Å². The van der Waals surface area contributed by atoms with E-state index in [0.717, 1.165) is 21.2 Å². The van der Waals surface area contributed by atoms with Crippen molar-refractivity contribution in [3.63, 3.8) is 0 Å². The Morgan fingerprint density at radius 2 is 1.85 bits per heavy atom. The number of benzene rings is 2. The van der Waals surface area contributed by atoms with E-state index >= 15 is 0 Å². The summed E-state index contributed by atoms with van der Waals surface area (Å²) in [4.78, 5) is 14.7. The first kappa shape index (κ1) is 18.8. The Labute approximate surface area is 166 Å². The zero-order valence-corrected chi connectivity index (χ0v) is 16.6. The van der Waals surface area contributed by atoms with Crippen LogP contribution in [0.5, 0.6) is 0 Å². The van der Waals surface area contributed by atoms with Gasteiger partial charge in [-0.2, -0.15) is 5.10 Å². The molecule has 0 fully saturated rings. The molecule has 0 saturated carbocycles. The second kappa shape index (κ2) is 8.16. The molecule has 2 aromatic carbocycles. The molecule has 1 aromatic heterocycles. The third-order valence-electron chi connectivity index (χ3n) is 3.92. The predicted octanol–water partition coefficient (Wildman–Crippen LogP) is 5.85. The maximum absolute atomic E-state index is 12.7. The van der Waals surface area contributed by atoms with Crippen molar-refractivity contribution in [2.45, 2.75) is 29.7 Å². The van der Waals surface area contributed by atoms with Gasteiger partial charge in [0.25, 0.3) is 0 Å². The summed E-state index contributed by atoms with van der Waals surface area (Å²) in [5.41, 5.74) is 1.51. The number of anilines is 1. The molecule has 3 rings (SSSR count). The van der Waals surface area contributed by atoms with Gasteiger partial charge in [0, 0.05) is 14.8 Å². The molecule has 1 heterocycles. The van der Waals surface area contributed by atoms with Crippen LogP contribution in [0.15, 0.2) is 64.5 Å². The first-order chi connectivity index (χ1) is 12.5. The van der Waals surface area contributed by atoms with E-state index in [-0.39, 0.29) is 5.91 Å². The number of hydrogen-bond acceptors (Lipinski definition) is 3. The lowest BCUT2D eigenvalue weighted by Gasteiger charge is -2.16. The van der Waals surface area contributed by atoms with Crippen molar-refractivity contribution >= 4 is 46.6 Å². The lowest BCUT2D eigenvalue weighted by molar-refractivity contribution is -0.119. The molecule has 0 aliphatic heterocycles. The largest absolute Gasteiger partial charge is 0.323 e. The number of aromatic nitrogens is 2. The van der Waals surface area contributed by atoms with Gasteiger partial charge >= 0.3 is 0 Å². The number of nitrogens with one attached hydrogen (secondary N) is 1. The average Bonchev–Trinajstić information content (AvgIpc) is 2.97. The van der Waals surface area contributed by atoms with Crippen LogP contribution in [0, 0.1) is 6.92 Å². The van der Waals surface area contributed by atoms with Crippen molar-refractivity contribution in [2.75, 3.05) is 5.32 Å². The lowest BCUT2D eigenvalue weighted by atomic mass is 10.2. The summed E-state index contributed by atoms with van der Waals surface area (Å²) in [7, 11) is 0. The van der Waals surface area contributed by atoms with E-state index in [2.05, 4.69) is 10.4 Å². The number of para-hydroxylation sites is 1. The topological polar surface area (TPSA) is 46.9 Å². The second-order valence-electron chi connectivity index (χ2n) is 5.74. The van der Waals surface area contributed by atoms with Crippen LogP contribution in [0.3, 0.4) is 0 Å². The van der Waals surface area contributed by atoms with E-state index in [1.165, 1.54) is 0 Å². The SMILES string of the molecule is Cc1c(Cl)cnn1C(C)C(=O)Nc1ccccc1Sc1ccc(Cl)cc1. The summed E-state index contributed by atoms with van der Waals surface area (Å²) in [6.45, 7) is 3.63. The highest BCUT2D eigenvalue weighted by molar-refractivity contribution is 7.99. The van der Waals surface area contributed by atoms with Crippen molar-refractivity contribution in [1.82, 2.24) is 9.78 Å². The van der Waals surface area contributed by atoms with E-state index in [1.54, 1.807) is 29.6 Å². The number of rotatable bonds is 5. The number of amides is 1. The summed E-state index contributed by atoms with van der Waals surface area (Å²) in [6, 6.07) is 14.8. The maximum Gasteiger partial charge on any atom is 0.248 e. The summed E-state index contributed by atoms with van der Waals surface area (Å²) in [5.74, 6) is -0.156. The van der Waals surface area contributed by atoms with Crippen LogP contribution in [-0.4, -0.2) is 15.7 Å². The van der Waals surface area contributed by atoms with E-state index in [9.17, 15) is 4.79 Å². The fraction of sp³-hybridized carbons (Fsp3) is 0.158. The Bertz CT molecular complexity index is 925. The standard InChI is InChI=1S/C19H17Cl2N3OS/c1-12-16(21)11-22-24(12)13(2)19(25)23-17-5-3-4-6-18(17)26-15-9-7-14(20)8-10-15/h3-11,13H,1-2H3,(H,23,25). The zero-order valence-electron chi connectivity index (χ0n) is 14.2. The molecule has 4 nitrogen and oxygen atoms in total. The molecule has 0 saturated heterocycles. The van der Waals surface area contributed by atoms with Gasteiger partial charge in [0.1, 0.15) is 6.04 Å². The quantitative estimate of drug-likeness (QED) is 0.578. The van der Waals surface area contributed by atoms with Gasteiger partial charge < -0.3 is 5.32 Å². The molecule has 1 unspecified atom stereocenters. The molecule has 1 amide bonds. The minimum Gasteiger partial charge on any atom is -0.323 e. The highest BCUT2D eigenvalue weighted by Crippen LogP contribution is 2.34. The van der Waals surface area contributed by atoms with Crippen LogP contribution in [0.4, 0.5) is 5.69 Å². The predicted molar refractivity (Wildman–Crippen MR) is 107 cm³/mol. The molecule has 134 valence electrons. The van der Waals surface area contributed by atoms with Crippen molar-refractivity contribution in [2.24, 2.45) is 0 Å². The minimum atomic E-state index is -0.476. The van der Waals surface area contributed by atoms with Crippen LogP contribution in [-0.2, 0) is 4.79 Å². The van der Waals surface area contributed by atoms with Crippen LogP contribution < -0.4 is 5.32 Å². The van der Waals surface area contributed by atoms with Crippen LogP contribution in [0.25, 0.3) is 0 Å². The molecule has 3 aromatic rings. The maximum atomic E-state index is 12.7. The Kier molecular flexibility index (Phi) is 5.91. The van der Waals surface area contributed by atoms with Crippen LogP contribution in [0.2, 0.25) is 10.0 Å². The monoisotopic (exact) mass is 405 g/mol. The second-order valence-corrected chi connectivity index (χ2v) is 7.70.